The molecule has 0 spiro atoms. The first-order valence-electron chi connectivity index (χ1n) is 7.00. The van der Waals surface area contributed by atoms with Crippen LogP contribution >= 0.6 is 0 Å². The molecule has 0 radical (unpaired) electrons. The van der Waals surface area contributed by atoms with Crippen LogP contribution in [0.25, 0.3) is 10.9 Å². The first-order chi connectivity index (χ1) is 10.0. The Hall–Kier alpha value is -2.30. The summed E-state index contributed by atoms with van der Waals surface area (Å²) in [7, 11) is 1.40. The molecule has 1 aromatic carbocycles. The average molecular weight is 287 g/mol. The van der Waals surface area contributed by atoms with Crippen molar-refractivity contribution in [3.8, 4) is 0 Å². The van der Waals surface area contributed by atoms with Gasteiger partial charge in [0.1, 0.15) is 6.04 Å². The topological polar surface area (TPSA) is 77.2 Å². The maximum Gasteiger partial charge on any atom is 0.328 e. The number of ether oxygens (including phenoxy) is 1. The number of rotatable bonds is 5. The summed E-state index contributed by atoms with van der Waals surface area (Å²) in [5.74, 6) is 0.109. The van der Waals surface area contributed by atoms with Crippen molar-refractivity contribution in [3.63, 3.8) is 0 Å². The lowest BCUT2D eigenvalue weighted by molar-refractivity contribution is -0.141. The molecule has 0 aliphatic heterocycles. The van der Waals surface area contributed by atoms with E-state index in [0.717, 1.165) is 16.6 Å². The molecule has 0 saturated heterocycles. The lowest BCUT2D eigenvalue weighted by atomic mass is 10.0. The van der Waals surface area contributed by atoms with Crippen LogP contribution < -0.4 is 11.1 Å². The number of nitrogens with one attached hydrogen (secondary N) is 1. The number of hydrogen-bond acceptors (Lipinski definition) is 5. The Labute approximate surface area is 124 Å². The summed E-state index contributed by atoms with van der Waals surface area (Å²) in [4.78, 5) is 16.2. The summed E-state index contributed by atoms with van der Waals surface area (Å²) in [6.45, 7) is 4.14. The van der Waals surface area contributed by atoms with Crippen LogP contribution in [0.1, 0.15) is 20.3 Å². The van der Waals surface area contributed by atoms with E-state index in [1.165, 1.54) is 7.11 Å². The van der Waals surface area contributed by atoms with Gasteiger partial charge in [0.2, 0.25) is 0 Å². The van der Waals surface area contributed by atoms with E-state index < -0.39 is 0 Å². The summed E-state index contributed by atoms with van der Waals surface area (Å²) >= 11 is 0. The Bertz CT molecular complexity index is 640. The lowest BCUT2D eigenvalue weighted by Gasteiger charge is -2.20. The predicted octanol–water partition coefficient (Wildman–Crippen LogP) is 2.82. The number of pyridine rings is 1. The van der Waals surface area contributed by atoms with Crippen LogP contribution in [0.4, 0.5) is 11.4 Å². The van der Waals surface area contributed by atoms with Crippen LogP contribution in [-0.4, -0.2) is 24.1 Å². The Morgan fingerprint density at radius 2 is 2.14 bits per heavy atom. The number of nitrogens with two attached hydrogens (primary N) is 1. The fraction of sp³-hybridized carbons (Fsp3) is 0.375. The molecule has 2 aromatic rings. The first-order valence-corrected chi connectivity index (χ1v) is 7.00. The third kappa shape index (κ3) is 3.42. The van der Waals surface area contributed by atoms with Crippen LogP contribution in [0.3, 0.4) is 0 Å². The van der Waals surface area contributed by atoms with Crippen molar-refractivity contribution in [2.45, 2.75) is 26.3 Å². The van der Waals surface area contributed by atoms with E-state index in [-0.39, 0.29) is 12.0 Å². The minimum absolute atomic E-state index is 0.266. The van der Waals surface area contributed by atoms with Gasteiger partial charge in [0, 0.05) is 17.3 Å². The van der Waals surface area contributed by atoms with Crippen LogP contribution in [0.15, 0.2) is 30.5 Å². The standard InChI is InChI=1S/C16H21N3O2/c1-10(2)9-14(16(20)21-3)19-13-7-8-18-15-11(13)5-4-6-12(15)17/h4-8,10,14H,9,17H2,1-3H3,(H,18,19). The summed E-state index contributed by atoms with van der Waals surface area (Å²) in [6.07, 6.45) is 2.38. The molecule has 5 nitrogen and oxygen atoms in total. The average Bonchev–Trinajstić information content (AvgIpc) is 2.46. The van der Waals surface area contributed by atoms with Gasteiger partial charge in [-0.25, -0.2) is 4.79 Å². The number of fused-ring (bicyclic) bond motifs is 1. The minimum atomic E-state index is -0.387. The first kappa shape index (κ1) is 15.1. The second kappa shape index (κ2) is 6.43. The third-order valence-electron chi connectivity index (χ3n) is 3.32. The molecule has 5 heteroatoms. The van der Waals surface area contributed by atoms with Gasteiger partial charge in [-0.05, 0) is 24.5 Å². The molecule has 112 valence electrons. The zero-order chi connectivity index (χ0) is 15.4. The molecule has 1 unspecified atom stereocenters. The second-order valence-electron chi connectivity index (χ2n) is 5.45. The molecule has 0 aliphatic rings. The molecule has 0 amide bonds. The van der Waals surface area contributed by atoms with E-state index in [2.05, 4.69) is 24.1 Å². The van der Waals surface area contributed by atoms with Crippen molar-refractivity contribution in [2.75, 3.05) is 18.2 Å². The van der Waals surface area contributed by atoms with Crippen molar-refractivity contribution in [1.29, 1.82) is 0 Å². The smallest absolute Gasteiger partial charge is 0.328 e. The number of benzene rings is 1. The molecule has 1 atom stereocenters. The molecular weight excluding hydrogens is 266 g/mol. The van der Waals surface area contributed by atoms with Gasteiger partial charge in [0.05, 0.1) is 18.3 Å². The summed E-state index contributed by atoms with van der Waals surface area (Å²) in [6, 6.07) is 7.08. The van der Waals surface area contributed by atoms with E-state index in [0.29, 0.717) is 18.0 Å². The highest BCUT2D eigenvalue weighted by Gasteiger charge is 2.21. The van der Waals surface area contributed by atoms with Crippen molar-refractivity contribution >= 4 is 28.2 Å². The Morgan fingerprint density at radius 3 is 2.81 bits per heavy atom. The number of carbonyl (C=O) groups is 1. The molecule has 0 saturated carbocycles. The molecule has 1 aromatic heterocycles. The van der Waals surface area contributed by atoms with Crippen LogP contribution in [0.5, 0.6) is 0 Å². The van der Waals surface area contributed by atoms with Gasteiger partial charge in [-0.1, -0.05) is 26.0 Å². The van der Waals surface area contributed by atoms with Gasteiger partial charge in [0.15, 0.2) is 0 Å². The van der Waals surface area contributed by atoms with E-state index in [9.17, 15) is 4.79 Å². The van der Waals surface area contributed by atoms with Crippen molar-refractivity contribution in [2.24, 2.45) is 5.92 Å². The number of esters is 1. The number of para-hydroxylation sites is 1. The van der Waals surface area contributed by atoms with Crippen LogP contribution in [0.2, 0.25) is 0 Å². The zero-order valence-electron chi connectivity index (χ0n) is 12.6. The van der Waals surface area contributed by atoms with Gasteiger partial charge in [0.25, 0.3) is 0 Å². The fourth-order valence-corrected chi connectivity index (χ4v) is 2.34. The largest absolute Gasteiger partial charge is 0.467 e. The number of carbonyl (C=O) groups excluding carboxylic acids is 1. The van der Waals surface area contributed by atoms with Gasteiger partial charge in [-0.3, -0.25) is 4.98 Å². The van der Waals surface area contributed by atoms with Gasteiger partial charge < -0.3 is 15.8 Å². The fourth-order valence-electron chi connectivity index (χ4n) is 2.34. The quantitative estimate of drug-likeness (QED) is 0.653. The predicted molar refractivity (Wildman–Crippen MR) is 85.0 cm³/mol. The lowest BCUT2D eigenvalue weighted by Crippen LogP contribution is -2.32. The second-order valence-corrected chi connectivity index (χ2v) is 5.45. The normalized spacial score (nSPS) is 12.4. The summed E-state index contributed by atoms with van der Waals surface area (Å²) in [5, 5.41) is 4.16. The molecule has 0 aliphatic carbocycles. The van der Waals surface area contributed by atoms with E-state index in [1.807, 2.05) is 24.3 Å². The number of hydrogen-bond donors (Lipinski definition) is 2. The molecule has 0 bridgehead atoms. The Balaban J connectivity index is 2.36. The number of aromatic nitrogens is 1. The van der Waals surface area contributed by atoms with Crippen molar-refractivity contribution in [1.82, 2.24) is 4.98 Å². The molecule has 2 rings (SSSR count). The Kier molecular flexibility index (Phi) is 4.62. The maximum absolute atomic E-state index is 11.9. The maximum atomic E-state index is 11.9. The highest BCUT2D eigenvalue weighted by molar-refractivity contribution is 5.98. The van der Waals surface area contributed by atoms with Gasteiger partial charge in [-0.2, -0.15) is 0 Å². The number of methoxy groups -OCH3 is 1. The van der Waals surface area contributed by atoms with E-state index in [1.54, 1.807) is 6.20 Å². The van der Waals surface area contributed by atoms with Crippen molar-refractivity contribution in [3.05, 3.63) is 30.5 Å². The minimum Gasteiger partial charge on any atom is -0.467 e. The molecule has 21 heavy (non-hydrogen) atoms. The summed E-state index contributed by atoms with van der Waals surface area (Å²) in [5.41, 5.74) is 8.13. The molecule has 0 fully saturated rings. The number of anilines is 2. The van der Waals surface area contributed by atoms with Gasteiger partial charge in [-0.15, -0.1) is 0 Å². The van der Waals surface area contributed by atoms with Crippen LogP contribution in [-0.2, 0) is 9.53 Å². The van der Waals surface area contributed by atoms with Gasteiger partial charge >= 0.3 is 5.97 Å². The molecule has 3 N–H and O–H groups in total. The summed E-state index contributed by atoms with van der Waals surface area (Å²) < 4.78 is 4.88. The van der Waals surface area contributed by atoms with E-state index in [4.69, 9.17) is 10.5 Å². The van der Waals surface area contributed by atoms with Crippen molar-refractivity contribution < 1.29 is 9.53 Å². The highest BCUT2D eigenvalue weighted by atomic mass is 16.5. The van der Waals surface area contributed by atoms with Crippen LogP contribution in [0, 0.1) is 5.92 Å². The monoisotopic (exact) mass is 287 g/mol. The molecular formula is C16H21N3O2. The highest BCUT2D eigenvalue weighted by Crippen LogP contribution is 2.26. The van der Waals surface area contributed by atoms with E-state index >= 15 is 0 Å². The Morgan fingerprint density at radius 1 is 1.38 bits per heavy atom. The number of nitrogen functional groups attached to an aromatic ring is 1. The third-order valence-corrected chi connectivity index (χ3v) is 3.32. The SMILES string of the molecule is COC(=O)C(CC(C)C)Nc1ccnc2c(N)cccc12. The molecule has 1 heterocycles. The zero-order valence-corrected chi connectivity index (χ0v) is 12.6. The number of nitrogens with zero attached hydrogens (tertiary/aromatic N) is 1.